The Bertz CT molecular complexity index is 719. The van der Waals surface area contributed by atoms with Crippen LogP contribution < -0.4 is 10.0 Å². The number of nitrogens with zero attached hydrogens (tertiary/aromatic N) is 1. The van der Waals surface area contributed by atoms with Crippen LogP contribution in [0.2, 0.25) is 0 Å². The molecule has 1 atom stereocenters. The molecule has 1 unspecified atom stereocenters. The topological polar surface area (TPSA) is 71.1 Å². The molecular formula is C15H19N3O2S. The van der Waals surface area contributed by atoms with E-state index in [0.29, 0.717) is 18.0 Å². The number of fused-ring (bicyclic) bond motifs is 1. The van der Waals surface area contributed by atoms with Crippen molar-refractivity contribution in [1.82, 2.24) is 15.0 Å². The van der Waals surface area contributed by atoms with Crippen LogP contribution in [-0.4, -0.2) is 33.0 Å². The molecular weight excluding hydrogens is 286 g/mol. The van der Waals surface area contributed by atoms with E-state index in [9.17, 15) is 8.42 Å². The molecule has 2 heterocycles. The number of benzene rings is 1. The second-order valence-electron chi connectivity index (χ2n) is 5.38. The fourth-order valence-electron chi connectivity index (χ4n) is 2.73. The minimum absolute atomic E-state index is 0.255. The first kappa shape index (κ1) is 14.4. The van der Waals surface area contributed by atoms with Gasteiger partial charge in [-0.15, -0.1) is 0 Å². The Morgan fingerprint density at radius 1 is 1.29 bits per heavy atom. The summed E-state index contributed by atoms with van der Waals surface area (Å²) in [5.41, 5.74) is 0.523. The molecule has 1 aliphatic heterocycles. The van der Waals surface area contributed by atoms with Gasteiger partial charge in [-0.25, -0.2) is 13.1 Å². The van der Waals surface area contributed by atoms with E-state index in [0.717, 1.165) is 31.3 Å². The fraction of sp³-hybridized carbons (Fsp3) is 0.400. The second-order valence-corrected chi connectivity index (χ2v) is 7.11. The molecule has 1 fully saturated rings. The van der Waals surface area contributed by atoms with Crippen LogP contribution in [0, 0.1) is 5.92 Å². The molecule has 2 aromatic rings. The molecule has 1 aliphatic rings. The maximum Gasteiger partial charge on any atom is 0.242 e. The zero-order chi connectivity index (χ0) is 14.7. The normalized spacial score (nSPS) is 19.1. The van der Waals surface area contributed by atoms with E-state index in [1.54, 1.807) is 24.4 Å². The third-order valence-electron chi connectivity index (χ3n) is 3.89. The molecule has 3 rings (SSSR count). The highest BCUT2D eigenvalue weighted by molar-refractivity contribution is 7.89. The van der Waals surface area contributed by atoms with Crippen LogP contribution in [0.4, 0.5) is 0 Å². The van der Waals surface area contributed by atoms with Crippen LogP contribution in [0.15, 0.2) is 41.4 Å². The number of hydrogen-bond acceptors (Lipinski definition) is 4. The number of nitrogens with one attached hydrogen (secondary N) is 2. The molecule has 1 aromatic heterocycles. The molecule has 5 nitrogen and oxygen atoms in total. The fourth-order valence-corrected chi connectivity index (χ4v) is 3.95. The van der Waals surface area contributed by atoms with Crippen molar-refractivity contribution in [3.63, 3.8) is 0 Å². The van der Waals surface area contributed by atoms with Crippen molar-refractivity contribution < 1.29 is 8.42 Å². The molecule has 0 aliphatic carbocycles. The highest BCUT2D eigenvalue weighted by Gasteiger charge is 2.19. The van der Waals surface area contributed by atoms with Crippen molar-refractivity contribution in [2.24, 2.45) is 5.92 Å². The monoisotopic (exact) mass is 305 g/mol. The van der Waals surface area contributed by atoms with E-state index < -0.39 is 10.0 Å². The predicted octanol–water partition coefficient (Wildman–Crippen LogP) is 1.51. The van der Waals surface area contributed by atoms with Gasteiger partial charge in [-0.05, 0) is 44.0 Å². The lowest BCUT2D eigenvalue weighted by Gasteiger charge is -2.11. The summed E-state index contributed by atoms with van der Waals surface area (Å²) >= 11 is 0. The summed E-state index contributed by atoms with van der Waals surface area (Å²) in [5, 5.41) is 4.12. The average Bonchev–Trinajstić information content (AvgIpc) is 3.00. The Kier molecular flexibility index (Phi) is 4.19. The van der Waals surface area contributed by atoms with E-state index in [-0.39, 0.29) is 4.90 Å². The Balaban J connectivity index is 1.76. The maximum absolute atomic E-state index is 12.5. The van der Waals surface area contributed by atoms with E-state index in [1.807, 2.05) is 12.1 Å². The van der Waals surface area contributed by atoms with Crippen LogP contribution in [0.25, 0.3) is 10.9 Å². The first-order valence-electron chi connectivity index (χ1n) is 7.21. The largest absolute Gasteiger partial charge is 0.316 e. The molecule has 0 spiro atoms. The highest BCUT2D eigenvalue weighted by atomic mass is 32.2. The van der Waals surface area contributed by atoms with Gasteiger partial charge in [-0.2, -0.15) is 0 Å². The number of rotatable bonds is 5. The minimum Gasteiger partial charge on any atom is -0.316 e. The van der Waals surface area contributed by atoms with Crippen molar-refractivity contribution >= 4 is 20.9 Å². The Morgan fingerprint density at radius 2 is 2.14 bits per heavy atom. The van der Waals surface area contributed by atoms with Crippen LogP contribution >= 0.6 is 0 Å². The standard InChI is InChI=1S/C15H19N3O2S/c19-21(20,18-10-7-12-6-9-16-11-12)14-5-1-3-13-4-2-8-17-15(13)14/h1-5,8,12,16,18H,6-7,9-11H2. The van der Waals surface area contributed by atoms with Gasteiger partial charge in [0.05, 0.1) is 5.52 Å². The number of pyridine rings is 1. The van der Waals surface area contributed by atoms with E-state index in [1.165, 1.54) is 0 Å². The number of hydrogen-bond donors (Lipinski definition) is 2. The zero-order valence-corrected chi connectivity index (χ0v) is 12.6. The average molecular weight is 305 g/mol. The van der Waals surface area contributed by atoms with Crippen LogP contribution in [0.3, 0.4) is 0 Å². The summed E-state index contributed by atoms with van der Waals surface area (Å²) in [5.74, 6) is 0.568. The molecule has 2 N–H and O–H groups in total. The summed E-state index contributed by atoms with van der Waals surface area (Å²) in [6, 6.07) is 8.89. The van der Waals surface area contributed by atoms with Gasteiger partial charge in [0, 0.05) is 18.1 Å². The molecule has 6 heteroatoms. The molecule has 0 saturated carbocycles. The van der Waals surface area contributed by atoms with Crippen LogP contribution in [-0.2, 0) is 10.0 Å². The van der Waals surface area contributed by atoms with Gasteiger partial charge in [0.1, 0.15) is 4.90 Å². The third kappa shape index (κ3) is 3.23. The first-order chi connectivity index (χ1) is 10.2. The molecule has 21 heavy (non-hydrogen) atoms. The van der Waals surface area contributed by atoms with Gasteiger partial charge < -0.3 is 5.32 Å². The molecule has 0 amide bonds. The number of aromatic nitrogens is 1. The summed E-state index contributed by atoms with van der Waals surface area (Å²) in [6.07, 6.45) is 3.60. The Morgan fingerprint density at radius 3 is 2.95 bits per heavy atom. The van der Waals surface area contributed by atoms with Crippen molar-refractivity contribution in [2.45, 2.75) is 17.7 Å². The third-order valence-corrected chi connectivity index (χ3v) is 5.38. The molecule has 1 aromatic carbocycles. The van der Waals surface area contributed by atoms with Crippen LogP contribution in [0.1, 0.15) is 12.8 Å². The Hall–Kier alpha value is -1.50. The number of sulfonamides is 1. The van der Waals surface area contributed by atoms with Gasteiger partial charge >= 0.3 is 0 Å². The second kappa shape index (κ2) is 6.09. The summed E-state index contributed by atoms with van der Waals surface area (Å²) < 4.78 is 27.6. The van der Waals surface area contributed by atoms with E-state index >= 15 is 0 Å². The van der Waals surface area contributed by atoms with Gasteiger partial charge in [0.15, 0.2) is 0 Å². The van der Waals surface area contributed by atoms with Crippen molar-refractivity contribution in [3.8, 4) is 0 Å². The Labute approximate surface area is 124 Å². The van der Waals surface area contributed by atoms with Gasteiger partial charge in [0.25, 0.3) is 0 Å². The summed E-state index contributed by atoms with van der Waals surface area (Å²) in [4.78, 5) is 4.46. The van der Waals surface area contributed by atoms with E-state index in [2.05, 4.69) is 15.0 Å². The van der Waals surface area contributed by atoms with Crippen LogP contribution in [0.5, 0.6) is 0 Å². The zero-order valence-electron chi connectivity index (χ0n) is 11.7. The lowest BCUT2D eigenvalue weighted by molar-refractivity contribution is 0.519. The smallest absolute Gasteiger partial charge is 0.242 e. The lowest BCUT2D eigenvalue weighted by Crippen LogP contribution is -2.27. The summed E-state index contributed by atoms with van der Waals surface area (Å²) in [6.45, 7) is 2.49. The lowest BCUT2D eigenvalue weighted by atomic mass is 10.1. The molecule has 0 bridgehead atoms. The maximum atomic E-state index is 12.5. The van der Waals surface area contributed by atoms with Crippen molar-refractivity contribution in [3.05, 3.63) is 36.5 Å². The summed E-state index contributed by atoms with van der Waals surface area (Å²) in [7, 11) is -3.51. The predicted molar refractivity (Wildman–Crippen MR) is 82.5 cm³/mol. The number of para-hydroxylation sites is 1. The first-order valence-corrected chi connectivity index (χ1v) is 8.69. The van der Waals surface area contributed by atoms with Crippen molar-refractivity contribution in [2.75, 3.05) is 19.6 Å². The van der Waals surface area contributed by atoms with E-state index in [4.69, 9.17) is 0 Å². The quantitative estimate of drug-likeness (QED) is 0.878. The van der Waals surface area contributed by atoms with Gasteiger partial charge in [0.2, 0.25) is 10.0 Å². The molecule has 1 saturated heterocycles. The SMILES string of the molecule is O=S(=O)(NCCC1CCNC1)c1cccc2cccnc12. The molecule has 112 valence electrons. The highest BCUT2D eigenvalue weighted by Crippen LogP contribution is 2.20. The van der Waals surface area contributed by atoms with Gasteiger partial charge in [-0.3, -0.25) is 4.98 Å². The molecule has 0 radical (unpaired) electrons. The van der Waals surface area contributed by atoms with Gasteiger partial charge in [-0.1, -0.05) is 18.2 Å². The van der Waals surface area contributed by atoms with Crippen molar-refractivity contribution in [1.29, 1.82) is 0 Å². The minimum atomic E-state index is -3.51.